The fourth-order valence-corrected chi connectivity index (χ4v) is 3.56. The van der Waals surface area contributed by atoms with E-state index < -0.39 is 0 Å². The Kier molecular flexibility index (Phi) is 2.67. The predicted octanol–water partition coefficient (Wildman–Crippen LogP) is 2.91. The molecule has 116 valence electrons. The topological polar surface area (TPSA) is 60.6 Å². The number of pyridine rings is 1. The summed E-state index contributed by atoms with van der Waals surface area (Å²) in [7, 11) is 0. The summed E-state index contributed by atoms with van der Waals surface area (Å²) in [5, 5.41) is 1.39. The van der Waals surface area contributed by atoms with Gasteiger partial charge in [0.25, 0.3) is 0 Å². The van der Waals surface area contributed by atoms with Crippen molar-refractivity contribution in [1.29, 1.82) is 0 Å². The summed E-state index contributed by atoms with van der Waals surface area (Å²) >= 11 is 0. The lowest BCUT2D eigenvalue weighted by atomic mass is 9.93. The van der Waals surface area contributed by atoms with Gasteiger partial charge in [-0.3, -0.25) is 4.79 Å². The minimum atomic E-state index is 0.0366. The number of rotatable bonds is 1. The molecule has 0 bridgehead atoms. The van der Waals surface area contributed by atoms with E-state index in [1.165, 1.54) is 0 Å². The molecule has 0 radical (unpaired) electrons. The van der Waals surface area contributed by atoms with E-state index in [1.54, 1.807) is 6.07 Å². The minimum absolute atomic E-state index is 0.0366. The molecule has 1 atom stereocenters. The molecule has 3 aromatic rings. The molecule has 3 heterocycles. The summed E-state index contributed by atoms with van der Waals surface area (Å²) in [6, 6.07) is 9.59. The van der Waals surface area contributed by atoms with E-state index in [2.05, 4.69) is 4.98 Å². The van der Waals surface area contributed by atoms with Crippen molar-refractivity contribution in [1.82, 2.24) is 4.98 Å². The monoisotopic (exact) mass is 309 g/mol. The summed E-state index contributed by atoms with van der Waals surface area (Å²) in [6.45, 7) is 1.63. The van der Waals surface area contributed by atoms with Crippen molar-refractivity contribution in [2.24, 2.45) is 0 Å². The first-order valence-electron chi connectivity index (χ1n) is 7.77. The van der Waals surface area contributed by atoms with E-state index in [4.69, 9.17) is 14.2 Å². The molecular weight excluding hydrogens is 294 g/mol. The molecule has 1 unspecified atom stereocenters. The Morgan fingerprint density at radius 3 is 2.78 bits per heavy atom. The van der Waals surface area contributed by atoms with Gasteiger partial charge in [0, 0.05) is 24.0 Å². The van der Waals surface area contributed by atoms with Crippen LogP contribution in [-0.2, 0) is 4.74 Å². The highest BCUT2D eigenvalue weighted by molar-refractivity contribution is 5.95. The number of nitrogens with one attached hydrogen (secondary N) is 1. The van der Waals surface area contributed by atoms with Gasteiger partial charge in [-0.05, 0) is 24.1 Å². The first-order valence-corrected chi connectivity index (χ1v) is 7.77. The van der Waals surface area contributed by atoms with Gasteiger partial charge >= 0.3 is 0 Å². The van der Waals surface area contributed by atoms with Crippen LogP contribution in [0.5, 0.6) is 11.5 Å². The maximum Gasteiger partial charge on any atom is 0.231 e. The average Bonchev–Trinajstić information content (AvgIpc) is 3.24. The van der Waals surface area contributed by atoms with Crippen LogP contribution in [-0.4, -0.2) is 25.0 Å². The van der Waals surface area contributed by atoms with Gasteiger partial charge in [0.2, 0.25) is 6.79 Å². The fourth-order valence-electron chi connectivity index (χ4n) is 3.56. The van der Waals surface area contributed by atoms with Crippen molar-refractivity contribution in [3.05, 3.63) is 46.1 Å². The number of ether oxygens (including phenoxy) is 3. The first-order chi connectivity index (χ1) is 11.3. The highest BCUT2D eigenvalue weighted by Crippen LogP contribution is 2.36. The van der Waals surface area contributed by atoms with Crippen LogP contribution >= 0.6 is 0 Å². The van der Waals surface area contributed by atoms with Gasteiger partial charge in [-0.25, -0.2) is 0 Å². The van der Waals surface area contributed by atoms with E-state index in [0.717, 1.165) is 35.0 Å². The van der Waals surface area contributed by atoms with E-state index >= 15 is 0 Å². The highest BCUT2D eigenvalue weighted by atomic mass is 16.7. The zero-order chi connectivity index (χ0) is 15.4. The van der Waals surface area contributed by atoms with Crippen molar-refractivity contribution < 1.29 is 14.2 Å². The second kappa shape index (κ2) is 4.73. The summed E-state index contributed by atoms with van der Waals surface area (Å²) in [4.78, 5) is 16.5. The summed E-state index contributed by atoms with van der Waals surface area (Å²) in [6.07, 6.45) is 0.956. The SMILES string of the molecule is O=c1c2cc3c(cc2[nH]c2cccc(C4CCOC4)c12)OCO3. The maximum absolute atomic E-state index is 13.1. The number of H-pyrrole nitrogens is 1. The lowest BCUT2D eigenvalue weighted by Gasteiger charge is -2.12. The fraction of sp³-hybridized carbons (Fsp3) is 0.278. The Hall–Kier alpha value is -2.53. The van der Waals surface area contributed by atoms with Gasteiger partial charge in [0.05, 0.1) is 23.0 Å². The average molecular weight is 309 g/mol. The first kappa shape index (κ1) is 13.0. The number of benzene rings is 2. The molecule has 2 aliphatic rings. The molecule has 1 saturated heterocycles. The van der Waals surface area contributed by atoms with Crippen molar-refractivity contribution in [3.63, 3.8) is 0 Å². The normalized spacial score (nSPS) is 19.7. The Morgan fingerprint density at radius 1 is 1.09 bits per heavy atom. The third kappa shape index (κ3) is 1.86. The molecule has 5 heteroatoms. The van der Waals surface area contributed by atoms with Crippen LogP contribution in [0.2, 0.25) is 0 Å². The number of hydrogen-bond donors (Lipinski definition) is 1. The molecule has 5 rings (SSSR count). The molecule has 0 saturated carbocycles. The Bertz CT molecular complexity index is 986. The maximum atomic E-state index is 13.1. The standard InChI is InChI=1S/C18H15NO4/c20-18-12-6-15-16(23-9-22-15)7-14(12)19-13-3-1-2-11(17(13)18)10-4-5-21-8-10/h1-3,6-7,10H,4-5,8-9H2,(H,19,20). The van der Waals surface area contributed by atoms with Crippen molar-refractivity contribution in [2.75, 3.05) is 20.0 Å². The van der Waals surface area contributed by atoms with Gasteiger partial charge in [0.15, 0.2) is 16.9 Å². The van der Waals surface area contributed by atoms with E-state index in [1.807, 2.05) is 24.3 Å². The molecule has 0 aliphatic carbocycles. The number of hydrogen-bond acceptors (Lipinski definition) is 4. The lowest BCUT2D eigenvalue weighted by molar-refractivity contribution is 0.174. The molecule has 0 spiro atoms. The second-order valence-corrected chi connectivity index (χ2v) is 6.04. The smallest absolute Gasteiger partial charge is 0.231 e. The number of aromatic amines is 1. The van der Waals surface area contributed by atoms with E-state index in [9.17, 15) is 4.79 Å². The number of fused-ring (bicyclic) bond motifs is 3. The lowest BCUT2D eigenvalue weighted by Crippen LogP contribution is -2.10. The van der Waals surface area contributed by atoms with Crippen molar-refractivity contribution in [3.8, 4) is 11.5 Å². The molecule has 1 N–H and O–H groups in total. The van der Waals surface area contributed by atoms with Crippen LogP contribution in [0.15, 0.2) is 35.1 Å². The van der Waals surface area contributed by atoms with Gasteiger partial charge in [-0.2, -0.15) is 0 Å². The van der Waals surface area contributed by atoms with Crippen LogP contribution < -0.4 is 14.9 Å². The van der Waals surface area contributed by atoms with Gasteiger partial charge in [0.1, 0.15) is 0 Å². The molecule has 1 fully saturated rings. The zero-order valence-electron chi connectivity index (χ0n) is 12.4. The quantitative estimate of drug-likeness (QED) is 0.702. The molecular formula is C18H15NO4. The van der Waals surface area contributed by atoms with Gasteiger partial charge < -0.3 is 19.2 Å². The molecule has 1 aromatic heterocycles. The Balaban J connectivity index is 1.85. The molecule has 23 heavy (non-hydrogen) atoms. The second-order valence-electron chi connectivity index (χ2n) is 6.04. The van der Waals surface area contributed by atoms with Crippen LogP contribution in [0.3, 0.4) is 0 Å². The summed E-state index contributed by atoms with van der Waals surface area (Å²) < 4.78 is 16.3. The molecule has 2 aromatic carbocycles. The van der Waals surface area contributed by atoms with Gasteiger partial charge in [-0.1, -0.05) is 12.1 Å². The van der Waals surface area contributed by atoms with Crippen LogP contribution in [0.4, 0.5) is 0 Å². The van der Waals surface area contributed by atoms with E-state index in [-0.39, 0.29) is 18.1 Å². The Labute approximate surface area is 131 Å². The zero-order valence-corrected chi connectivity index (χ0v) is 12.4. The Morgan fingerprint density at radius 2 is 1.96 bits per heavy atom. The largest absolute Gasteiger partial charge is 0.454 e. The van der Waals surface area contributed by atoms with Crippen molar-refractivity contribution in [2.45, 2.75) is 12.3 Å². The van der Waals surface area contributed by atoms with Crippen molar-refractivity contribution >= 4 is 21.8 Å². The highest BCUT2D eigenvalue weighted by Gasteiger charge is 2.23. The number of aromatic nitrogens is 1. The third-order valence-electron chi connectivity index (χ3n) is 4.72. The van der Waals surface area contributed by atoms with Crippen LogP contribution in [0.25, 0.3) is 21.8 Å². The third-order valence-corrected chi connectivity index (χ3v) is 4.72. The van der Waals surface area contributed by atoms with Gasteiger partial charge in [-0.15, -0.1) is 0 Å². The van der Waals surface area contributed by atoms with Crippen LogP contribution in [0.1, 0.15) is 17.9 Å². The summed E-state index contributed by atoms with van der Waals surface area (Å²) in [5.74, 6) is 1.59. The molecule has 2 aliphatic heterocycles. The molecule has 5 nitrogen and oxygen atoms in total. The summed E-state index contributed by atoms with van der Waals surface area (Å²) in [5.41, 5.74) is 2.73. The van der Waals surface area contributed by atoms with E-state index in [0.29, 0.717) is 23.5 Å². The minimum Gasteiger partial charge on any atom is -0.454 e. The van der Waals surface area contributed by atoms with Crippen LogP contribution in [0, 0.1) is 0 Å². The predicted molar refractivity (Wildman–Crippen MR) is 86.4 cm³/mol. The molecule has 0 amide bonds.